The second-order valence-electron chi connectivity index (χ2n) is 8.25. The zero-order valence-electron chi connectivity index (χ0n) is 19.0. The third-order valence-electron chi connectivity index (χ3n) is 5.70. The monoisotopic (exact) mass is 464 g/mol. The Morgan fingerprint density at radius 3 is 2.58 bits per heavy atom. The van der Waals surface area contributed by atoms with Gasteiger partial charge in [0.1, 0.15) is 12.3 Å². The number of carbonyl (C=O) groups is 1. The number of nitrogens with two attached hydrogens (primary N) is 1. The molecule has 1 saturated heterocycles. The third kappa shape index (κ3) is 5.61. The minimum absolute atomic E-state index is 0.227. The summed E-state index contributed by atoms with van der Waals surface area (Å²) in [4.78, 5) is 31.1. The molecule has 0 saturated carbocycles. The summed E-state index contributed by atoms with van der Waals surface area (Å²) in [5, 5.41) is 0. The van der Waals surface area contributed by atoms with E-state index in [4.69, 9.17) is 15.5 Å². The van der Waals surface area contributed by atoms with Crippen molar-refractivity contribution in [2.24, 2.45) is 5.73 Å². The van der Waals surface area contributed by atoms with E-state index in [0.717, 1.165) is 28.4 Å². The molecule has 4 rings (SSSR count). The fourth-order valence-electron chi connectivity index (χ4n) is 3.68. The highest BCUT2D eigenvalue weighted by atomic mass is 32.2. The van der Waals surface area contributed by atoms with E-state index >= 15 is 0 Å². The van der Waals surface area contributed by atoms with E-state index < -0.39 is 5.91 Å². The standard InChI is InChI=1S/C24H28N6O2S/c1-16-14-30(17(2)13-29(16)3)24-27-12-21(33-19-9-10-20(22(25)31)26-11-19)23(28-24)32-15-18-7-5-4-6-8-18/h4-12,16-17H,13-15H2,1-3H3,(H2,25,31)/t16-,17+/m0/s1. The molecule has 3 aromatic rings. The van der Waals surface area contributed by atoms with Crippen molar-refractivity contribution in [1.29, 1.82) is 0 Å². The van der Waals surface area contributed by atoms with E-state index in [9.17, 15) is 4.79 Å². The van der Waals surface area contributed by atoms with Crippen molar-refractivity contribution < 1.29 is 9.53 Å². The van der Waals surface area contributed by atoms with Gasteiger partial charge in [-0.15, -0.1) is 0 Å². The highest BCUT2D eigenvalue weighted by molar-refractivity contribution is 7.99. The van der Waals surface area contributed by atoms with Gasteiger partial charge >= 0.3 is 0 Å². The normalized spacial score (nSPS) is 18.8. The lowest BCUT2D eigenvalue weighted by Crippen LogP contribution is -2.55. The smallest absolute Gasteiger partial charge is 0.267 e. The molecular formula is C24H28N6O2S. The number of ether oxygens (including phenoxy) is 1. The molecule has 0 aliphatic carbocycles. The summed E-state index contributed by atoms with van der Waals surface area (Å²) in [6.45, 7) is 6.59. The van der Waals surface area contributed by atoms with Gasteiger partial charge in [0.25, 0.3) is 5.91 Å². The topological polar surface area (TPSA) is 97.5 Å². The molecule has 172 valence electrons. The zero-order chi connectivity index (χ0) is 23.4. The van der Waals surface area contributed by atoms with Crippen LogP contribution < -0.4 is 15.4 Å². The first kappa shape index (κ1) is 23.0. The molecule has 1 aromatic carbocycles. The van der Waals surface area contributed by atoms with Crippen LogP contribution in [0.25, 0.3) is 0 Å². The first-order chi connectivity index (χ1) is 15.9. The molecular weight excluding hydrogens is 436 g/mol. The van der Waals surface area contributed by atoms with Crippen LogP contribution >= 0.6 is 11.8 Å². The average molecular weight is 465 g/mol. The highest BCUT2D eigenvalue weighted by Gasteiger charge is 2.29. The number of aromatic nitrogens is 3. The molecule has 9 heteroatoms. The van der Waals surface area contributed by atoms with Gasteiger partial charge in [-0.25, -0.2) is 9.97 Å². The predicted molar refractivity (Wildman–Crippen MR) is 129 cm³/mol. The second kappa shape index (κ2) is 10.2. The summed E-state index contributed by atoms with van der Waals surface area (Å²) >= 11 is 1.44. The van der Waals surface area contributed by atoms with E-state index in [-0.39, 0.29) is 11.7 Å². The van der Waals surface area contributed by atoms with E-state index in [2.05, 4.69) is 40.7 Å². The molecule has 2 aromatic heterocycles. The fourth-order valence-corrected chi connectivity index (χ4v) is 4.47. The van der Waals surface area contributed by atoms with Crippen LogP contribution in [0.1, 0.15) is 29.9 Å². The first-order valence-electron chi connectivity index (χ1n) is 10.8. The number of benzene rings is 1. The van der Waals surface area contributed by atoms with Crippen molar-refractivity contribution in [3.05, 3.63) is 66.1 Å². The Labute approximate surface area is 198 Å². The van der Waals surface area contributed by atoms with Crippen LogP contribution in [0, 0.1) is 0 Å². The van der Waals surface area contributed by atoms with Gasteiger partial charge in [0.2, 0.25) is 11.8 Å². The molecule has 0 unspecified atom stereocenters. The molecule has 2 atom stereocenters. The second-order valence-corrected chi connectivity index (χ2v) is 9.36. The van der Waals surface area contributed by atoms with Crippen LogP contribution in [0.15, 0.2) is 64.6 Å². The van der Waals surface area contributed by atoms with Crippen LogP contribution in [0.3, 0.4) is 0 Å². The Bertz CT molecular complexity index is 1100. The summed E-state index contributed by atoms with van der Waals surface area (Å²) in [6, 6.07) is 14.1. The van der Waals surface area contributed by atoms with Crippen molar-refractivity contribution in [3.8, 4) is 5.88 Å². The minimum atomic E-state index is -0.554. The number of piperazine rings is 1. The quantitative estimate of drug-likeness (QED) is 0.569. The van der Waals surface area contributed by atoms with E-state index in [1.165, 1.54) is 11.8 Å². The largest absolute Gasteiger partial charge is 0.472 e. The lowest BCUT2D eigenvalue weighted by molar-refractivity contribution is 0.0995. The summed E-state index contributed by atoms with van der Waals surface area (Å²) in [7, 11) is 2.14. The highest BCUT2D eigenvalue weighted by Crippen LogP contribution is 2.35. The van der Waals surface area contributed by atoms with Gasteiger partial charge in [0.05, 0.1) is 11.1 Å². The number of pyridine rings is 1. The SMILES string of the molecule is C[C@@H]1CN(C)[C@@H](C)CN1c1ncc(Sc2ccc(C(N)=O)nc2)c(OCc2ccccc2)n1. The molecule has 1 amide bonds. The maximum atomic E-state index is 11.3. The van der Waals surface area contributed by atoms with Crippen LogP contribution in [0.2, 0.25) is 0 Å². The lowest BCUT2D eigenvalue weighted by atomic mass is 10.1. The first-order valence-corrected chi connectivity index (χ1v) is 11.7. The number of hydrogen-bond donors (Lipinski definition) is 1. The maximum Gasteiger partial charge on any atom is 0.267 e. The zero-order valence-corrected chi connectivity index (χ0v) is 19.8. The molecule has 3 heterocycles. The van der Waals surface area contributed by atoms with Gasteiger partial charge in [-0.05, 0) is 38.6 Å². The van der Waals surface area contributed by atoms with Crippen molar-refractivity contribution in [3.63, 3.8) is 0 Å². The molecule has 33 heavy (non-hydrogen) atoms. The lowest BCUT2D eigenvalue weighted by Gasteiger charge is -2.42. The number of likely N-dealkylation sites (N-methyl/N-ethyl adjacent to an activating group) is 1. The Morgan fingerprint density at radius 2 is 1.88 bits per heavy atom. The molecule has 1 fully saturated rings. The van der Waals surface area contributed by atoms with Crippen LogP contribution in [0.5, 0.6) is 5.88 Å². The number of amides is 1. The van der Waals surface area contributed by atoms with Crippen molar-refractivity contribution >= 4 is 23.6 Å². The number of rotatable bonds is 7. The Balaban J connectivity index is 1.61. The minimum Gasteiger partial charge on any atom is -0.472 e. The molecule has 0 radical (unpaired) electrons. The molecule has 2 N–H and O–H groups in total. The average Bonchev–Trinajstić information content (AvgIpc) is 2.82. The molecule has 0 spiro atoms. The molecule has 1 aliphatic heterocycles. The summed E-state index contributed by atoms with van der Waals surface area (Å²) < 4.78 is 6.17. The molecule has 8 nitrogen and oxygen atoms in total. The van der Waals surface area contributed by atoms with Crippen molar-refractivity contribution in [2.45, 2.75) is 42.3 Å². The van der Waals surface area contributed by atoms with Gasteiger partial charge in [0.15, 0.2) is 0 Å². The van der Waals surface area contributed by atoms with Crippen LogP contribution in [0.4, 0.5) is 5.95 Å². The number of carbonyl (C=O) groups excluding carboxylic acids is 1. The van der Waals surface area contributed by atoms with E-state index in [0.29, 0.717) is 24.5 Å². The van der Waals surface area contributed by atoms with Crippen LogP contribution in [-0.4, -0.2) is 58.0 Å². The van der Waals surface area contributed by atoms with Gasteiger partial charge in [-0.2, -0.15) is 4.98 Å². The number of hydrogen-bond acceptors (Lipinski definition) is 8. The van der Waals surface area contributed by atoms with Crippen LogP contribution in [-0.2, 0) is 6.61 Å². The maximum absolute atomic E-state index is 11.3. The summed E-state index contributed by atoms with van der Waals surface area (Å²) in [5.41, 5.74) is 6.58. The van der Waals surface area contributed by atoms with E-state index in [1.54, 1.807) is 24.5 Å². The van der Waals surface area contributed by atoms with E-state index in [1.807, 2.05) is 30.3 Å². The number of anilines is 1. The van der Waals surface area contributed by atoms with Gasteiger partial charge in [-0.3, -0.25) is 9.69 Å². The van der Waals surface area contributed by atoms with Gasteiger partial charge in [-0.1, -0.05) is 42.1 Å². The molecule has 0 bridgehead atoms. The third-order valence-corrected chi connectivity index (χ3v) is 6.68. The van der Waals surface area contributed by atoms with Gasteiger partial charge in [0, 0.05) is 36.3 Å². The Morgan fingerprint density at radius 1 is 1.09 bits per heavy atom. The summed E-state index contributed by atoms with van der Waals surface area (Å²) in [6.07, 6.45) is 3.41. The van der Waals surface area contributed by atoms with Crippen molar-refractivity contribution in [1.82, 2.24) is 19.9 Å². The number of primary amides is 1. The number of nitrogens with zero attached hydrogens (tertiary/aromatic N) is 5. The van der Waals surface area contributed by atoms with Gasteiger partial charge < -0.3 is 15.4 Å². The predicted octanol–water partition coefficient (Wildman–Crippen LogP) is 3.23. The molecule has 1 aliphatic rings. The Kier molecular flexibility index (Phi) is 7.10. The van der Waals surface area contributed by atoms with Crippen molar-refractivity contribution in [2.75, 3.05) is 25.0 Å². The fraction of sp³-hybridized carbons (Fsp3) is 0.333. The Hall–Kier alpha value is -3.17. The summed E-state index contributed by atoms with van der Waals surface area (Å²) in [5.74, 6) is 0.630.